The fourth-order valence-electron chi connectivity index (χ4n) is 3.51. The number of likely N-dealkylation sites (tertiary alicyclic amines) is 1. The second-order valence-corrected chi connectivity index (χ2v) is 7.38. The number of fused-ring (bicyclic) bond motifs is 1. The van der Waals surface area contributed by atoms with Crippen LogP contribution in [0.4, 0.5) is 5.69 Å². The van der Waals surface area contributed by atoms with Crippen LogP contribution in [0.5, 0.6) is 0 Å². The molecule has 1 N–H and O–H groups in total. The van der Waals surface area contributed by atoms with Crippen LogP contribution in [0.25, 0.3) is 10.8 Å². The zero-order chi connectivity index (χ0) is 21.1. The Bertz CT molecular complexity index is 1080. The van der Waals surface area contributed by atoms with Gasteiger partial charge < -0.3 is 19.4 Å². The van der Waals surface area contributed by atoms with E-state index < -0.39 is 23.9 Å². The van der Waals surface area contributed by atoms with Crippen LogP contribution >= 0.6 is 0 Å². The van der Waals surface area contributed by atoms with Crippen molar-refractivity contribution in [3.05, 3.63) is 66.6 Å². The topological polar surface area (TPSA) is 88.9 Å². The fraction of sp³-hybridized carbons (Fsp3) is 0.261. The number of esters is 1. The van der Waals surface area contributed by atoms with Crippen molar-refractivity contribution in [2.24, 2.45) is 5.92 Å². The number of hydrogen-bond acceptors (Lipinski definition) is 5. The second-order valence-electron chi connectivity index (χ2n) is 7.38. The Balaban J connectivity index is 1.32. The molecule has 2 atom stereocenters. The van der Waals surface area contributed by atoms with Crippen molar-refractivity contribution in [2.45, 2.75) is 26.0 Å². The molecule has 2 amide bonds. The van der Waals surface area contributed by atoms with Crippen LogP contribution in [0.2, 0.25) is 0 Å². The van der Waals surface area contributed by atoms with Gasteiger partial charge in [-0.15, -0.1) is 0 Å². The van der Waals surface area contributed by atoms with E-state index in [9.17, 15) is 14.4 Å². The first-order chi connectivity index (χ1) is 14.5. The molecule has 3 aromatic rings. The van der Waals surface area contributed by atoms with Crippen molar-refractivity contribution in [1.82, 2.24) is 4.90 Å². The van der Waals surface area contributed by atoms with E-state index in [0.717, 1.165) is 10.8 Å². The molecule has 154 valence electrons. The van der Waals surface area contributed by atoms with Crippen LogP contribution in [0, 0.1) is 5.92 Å². The molecule has 0 radical (unpaired) electrons. The average molecular weight is 406 g/mol. The van der Waals surface area contributed by atoms with Gasteiger partial charge >= 0.3 is 5.97 Å². The molecule has 0 unspecified atom stereocenters. The first-order valence-electron chi connectivity index (χ1n) is 9.80. The molecule has 7 heteroatoms. The third kappa shape index (κ3) is 4.35. The van der Waals surface area contributed by atoms with Gasteiger partial charge in [-0.25, -0.2) is 0 Å². The maximum atomic E-state index is 12.5. The highest BCUT2D eigenvalue weighted by atomic mass is 16.5. The maximum Gasteiger partial charge on any atom is 0.312 e. The molecule has 7 nitrogen and oxygen atoms in total. The summed E-state index contributed by atoms with van der Waals surface area (Å²) in [6.07, 6.45) is 0.633. The average Bonchev–Trinajstić information content (AvgIpc) is 3.38. The second kappa shape index (κ2) is 8.41. The normalized spacial score (nSPS) is 17.2. The molecular formula is C23H22N2O5. The number of nitrogens with zero attached hydrogens (tertiary/aromatic N) is 1. The Morgan fingerprint density at radius 1 is 1.17 bits per heavy atom. The van der Waals surface area contributed by atoms with E-state index in [4.69, 9.17) is 9.15 Å². The van der Waals surface area contributed by atoms with Crippen LogP contribution in [0.15, 0.2) is 65.3 Å². The maximum absolute atomic E-state index is 12.5. The van der Waals surface area contributed by atoms with Crippen molar-refractivity contribution >= 4 is 34.2 Å². The summed E-state index contributed by atoms with van der Waals surface area (Å²) in [6.45, 7) is 2.08. The minimum absolute atomic E-state index is 0.0680. The number of furan rings is 1. The molecule has 0 saturated carbocycles. The number of benzene rings is 2. The van der Waals surface area contributed by atoms with Crippen molar-refractivity contribution < 1.29 is 23.5 Å². The molecule has 4 rings (SSSR count). The van der Waals surface area contributed by atoms with Crippen molar-refractivity contribution in [3.8, 4) is 0 Å². The van der Waals surface area contributed by atoms with E-state index in [1.807, 2.05) is 36.4 Å². The van der Waals surface area contributed by atoms with E-state index in [2.05, 4.69) is 5.32 Å². The number of rotatable bonds is 6. The van der Waals surface area contributed by atoms with Crippen molar-refractivity contribution in [3.63, 3.8) is 0 Å². The Labute approximate surface area is 173 Å². The van der Waals surface area contributed by atoms with Crippen LogP contribution in [-0.4, -0.2) is 35.3 Å². The number of nitrogens with one attached hydrogen (secondary N) is 1. The molecule has 30 heavy (non-hydrogen) atoms. The Morgan fingerprint density at radius 3 is 2.73 bits per heavy atom. The number of carbonyl (C=O) groups is 3. The highest BCUT2D eigenvalue weighted by Gasteiger charge is 2.36. The van der Waals surface area contributed by atoms with Gasteiger partial charge in [-0.3, -0.25) is 14.4 Å². The minimum atomic E-state index is -0.974. The lowest BCUT2D eigenvalue weighted by Crippen LogP contribution is -2.33. The largest absolute Gasteiger partial charge is 0.467 e. The molecule has 1 aliphatic heterocycles. The molecule has 0 bridgehead atoms. The van der Waals surface area contributed by atoms with Crippen molar-refractivity contribution in [1.29, 1.82) is 0 Å². The molecular weight excluding hydrogens is 384 g/mol. The molecule has 1 fully saturated rings. The Hall–Kier alpha value is -3.61. The predicted octanol–water partition coefficient (Wildman–Crippen LogP) is 3.35. The van der Waals surface area contributed by atoms with Gasteiger partial charge in [0.1, 0.15) is 5.76 Å². The van der Waals surface area contributed by atoms with Crippen molar-refractivity contribution in [2.75, 3.05) is 11.9 Å². The summed E-state index contributed by atoms with van der Waals surface area (Å²) in [5, 5.41) is 4.84. The zero-order valence-corrected chi connectivity index (χ0v) is 16.5. The monoisotopic (exact) mass is 406 g/mol. The molecule has 0 spiro atoms. The summed E-state index contributed by atoms with van der Waals surface area (Å²) in [6, 6.07) is 16.9. The summed E-state index contributed by atoms with van der Waals surface area (Å²) in [5.41, 5.74) is 0.627. The van der Waals surface area contributed by atoms with Gasteiger partial charge in [0.25, 0.3) is 5.91 Å². The minimum Gasteiger partial charge on any atom is -0.467 e. The number of anilines is 1. The third-order valence-corrected chi connectivity index (χ3v) is 5.15. The van der Waals surface area contributed by atoms with E-state index >= 15 is 0 Å². The molecule has 1 aliphatic rings. The van der Waals surface area contributed by atoms with E-state index in [0.29, 0.717) is 18.0 Å². The first kappa shape index (κ1) is 19.7. The van der Waals surface area contributed by atoms with E-state index in [-0.39, 0.29) is 18.9 Å². The smallest absolute Gasteiger partial charge is 0.312 e. The van der Waals surface area contributed by atoms with E-state index in [1.54, 1.807) is 23.1 Å². The molecule has 1 aromatic heterocycles. The number of amides is 2. The molecule has 2 aromatic carbocycles. The van der Waals surface area contributed by atoms with Gasteiger partial charge in [0.05, 0.1) is 18.7 Å². The number of hydrogen-bond donors (Lipinski definition) is 1. The first-order valence-corrected chi connectivity index (χ1v) is 9.80. The van der Waals surface area contributed by atoms with Crippen LogP contribution in [0.1, 0.15) is 19.1 Å². The lowest BCUT2D eigenvalue weighted by Gasteiger charge is -2.17. The van der Waals surface area contributed by atoms with Gasteiger partial charge in [0.2, 0.25) is 5.91 Å². The predicted molar refractivity (Wildman–Crippen MR) is 110 cm³/mol. The third-order valence-electron chi connectivity index (χ3n) is 5.15. The molecule has 2 heterocycles. The summed E-state index contributed by atoms with van der Waals surface area (Å²) in [7, 11) is 0. The SMILES string of the molecule is C[C@H](OC(=O)[C@@H]1CC(=O)N(Cc2ccco2)C1)C(=O)Nc1ccc2ccccc2c1. The Morgan fingerprint density at radius 2 is 1.97 bits per heavy atom. The van der Waals surface area contributed by atoms with E-state index in [1.165, 1.54) is 13.2 Å². The van der Waals surface area contributed by atoms with Crippen LogP contribution in [-0.2, 0) is 25.7 Å². The lowest BCUT2D eigenvalue weighted by atomic mass is 10.1. The standard InChI is InChI=1S/C23H22N2O5/c1-15(22(27)24-19-9-8-16-5-2-3-6-17(16)11-19)30-23(28)18-12-21(26)25(13-18)14-20-7-4-10-29-20/h2-11,15,18H,12-14H2,1H3,(H,24,27)/t15-,18+/m0/s1. The summed E-state index contributed by atoms with van der Waals surface area (Å²) < 4.78 is 10.6. The summed E-state index contributed by atoms with van der Waals surface area (Å²) in [5.74, 6) is -1.05. The number of ether oxygens (including phenoxy) is 1. The highest BCUT2D eigenvalue weighted by molar-refractivity contribution is 5.97. The highest BCUT2D eigenvalue weighted by Crippen LogP contribution is 2.23. The summed E-state index contributed by atoms with van der Waals surface area (Å²) >= 11 is 0. The fourth-order valence-corrected chi connectivity index (χ4v) is 3.51. The number of carbonyl (C=O) groups excluding carboxylic acids is 3. The van der Waals surface area contributed by atoms with Gasteiger partial charge in [-0.1, -0.05) is 30.3 Å². The zero-order valence-electron chi connectivity index (χ0n) is 16.5. The Kier molecular flexibility index (Phi) is 5.52. The van der Waals surface area contributed by atoms with Gasteiger partial charge in [-0.2, -0.15) is 0 Å². The van der Waals surface area contributed by atoms with Gasteiger partial charge in [0, 0.05) is 18.7 Å². The van der Waals surface area contributed by atoms with Gasteiger partial charge in [0.15, 0.2) is 6.10 Å². The lowest BCUT2D eigenvalue weighted by molar-refractivity contribution is -0.157. The van der Waals surface area contributed by atoms with Crippen LogP contribution < -0.4 is 5.32 Å². The molecule has 1 saturated heterocycles. The van der Waals surface area contributed by atoms with Crippen LogP contribution in [0.3, 0.4) is 0 Å². The van der Waals surface area contributed by atoms with Gasteiger partial charge in [-0.05, 0) is 42.0 Å². The quantitative estimate of drug-likeness (QED) is 0.634. The molecule has 0 aliphatic carbocycles. The summed E-state index contributed by atoms with van der Waals surface area (Å²) in [4.78, 5) is 38.7.